The molecular weight excluding hydrogens is 259 g/mol. The number of benzene rings is 1. The van der Waals surface area contributed by atoms with Crippen molar-refractivity contribution in [3.8, 4) is 0 Å². The van der Waals surface area contributed by atoms with E-state index in [1.54, 1.807) is 37.8 Å². The molecule has 1 unspecified atom stereocenters. The summed E-state index contributed by atoms with van der Waals surface area (Å²) in [4.78, 5) is 25.8. The SMILES string of the molecule is CC1C(=O)NC(C)(C)C(=O)N1CCc1ccc(F)cc1. The summed E-state index contributed by atoms with van der Waals surface area (Å²) < 4.78 is 12.8. The fraction of sp³-hybridized carbons (Fsp3) is 0.467. The summed E-state index contributed by atoms with van der Waals surface area (Å²) in [5.74, 6) is -0.517. The summed E-state index contributed by atoms with van der Waals surface area (Å²) in [6, 6.07) is 5.70. The van der Waals surface area contributed by atoms with Crippen molar-refractivity contribution >= 4 is 11.8 Å². The van der Waals surface area contributed by atoms with Crippen molar-refractivity contribution in [1.82, 2.24) is 10.2 Å². The van der Waals surface area contributed by atoms with Crippen molar-refractivity contribution < 1.29 is 14.0 Å². The number of rotatable bonds is 3. The molecular formula is C15H19FN2O2. The quantitative estimate of drug-likeness (QED) is 0.910. The maximum atomic E-state index is 12.8. The molecule has 0 spiro atoms. The van der Waals surface area contributed by atoms with E-state index in [-0.39, 0.29) is 17.6 Å². The second-order valence-corrected chi connectivity index (χ2v) is 5.67. The zero-order valence-electron chi connectivity index (χ0n) is 11.9. The maximum absolute atomic E-state index is 12.8. The van der Waals surface area contributed by atoms with E-state index in [4.69, 9.17) is 0 Å². The van der Waals surface area contributed by atoms with Crippen LogP contribution in [0.3, 0.4) is 0 Å². The van der Waals surface area contributed by atoms with Gasteiger partial charge in [0.1, 0.15) is 17.4 Å². The molecule has 108 valence electrons. The molecule has 0 saturated carbocycles. The van der Waals surface area contributed by atoms with Crippen LogP contribution in [-0.2, 0) is 16.0 Å². The lowest BCUT2D eigenvalue weighted by atomic mass is 9.97. The third-order valence-electron chi connectivity index (χ3n) is 3.63. The van der Waals surface area contributed by atoms with E-state index >= 15 is 0 Å². The number of carbonyl (C=O) groups excluding carboxylic acids is 2. The van der Waals surface area contributed by atoms with Gasteiger partial charge >= 0.3 is 0 Å². The Bertz CT molecular complexity index is 525. The molecule has 0 aliphatic carbocycles. The third kappa shape index (κ3) is 2.81. The normalized spacial score (nSPS) is 21.8. The second-order valence-electron chi connectivity index (χ2n) is 5.67. The molecule has 0 bridgehead atoms. The monoisotopic (exact) mass is 278 g/mol. The fourth-order valence-electron chi connectivity index (χ4n) is 2.34. The Kier molecular flexibility index (Phi) is 3.79. The number of amides is 2. The number of piperazine rings is 1. The van der Waals surface area contributed by atoms with E-state index in [2.05, 4.69) is 5.32 Å². The maximum Gasteiger partial charge on any atom is 0.248 e. The fourth-order valence-corrected chi connectivity index (χ4v) is 2.34. The minimum atomic E-state index is -0.869. The molecule has 2 amide bonds. The molecule has 20 heavy (non-hydrogen) atoms. The Morgan fingerprint density at radius 2 is 1.85 bits per heavy atom. The first-order valence-corrected chi connectivity index (χ1v) is 6.69. The molecule has 1 aliphatic heterocycles. The predicted molar refractivity (Wildman–Crippen MR) is 73.5 cm³/mol. The minimum absolute atomic E-state index is 0.0910. The Balaban J connectivity index is 2.08. The lowest BCUT2D eigenvalue weighted by molar-refractivity contribution is -0.152. The molecule has 1 fully saturated rings. The van der Waals surface area contributed by atoms with Gasteiger partial charge in [-0.15, -0.1) is 0 Å². The zero-order chi connectivity index (χ0) is 14.9. The van der Waals surface area contributed by atoms with Crippen molar-refractivity contribution in [2.45, 2.75) is 38.8 Å². The number of nitrogens with one attached hydrogen (secondary N) is 1. The number of halogens is 1. The first kappa shape index (κ1) is 14.5. The summed E-state index contributed by atoms with van der Waals surface area (Å²) in [5.41, 5.74) is 0.0713. The van der Waals surface area contributed by atoms with Crippen LogP contribution in [0, 0.1) is 5.82 Å². The zero-order valence-corrected chi connectivity index (χ0v) is 11.9. The van der Waals surface area contributed by atoms with Gasteiger partial charge in [0.25, 0.3) is 0 Å². The second kappa shape index (κ2) is 5.23. The predicted octanol–water partition coefficient (Wildman–Crippen LogP) is 1.49. The van der Waals surface area contributed by atoms with Gasteiger partial charge < -0.3 is 10.2 Å². The number of carbonyl (C=O) groups is 2. The molecule has 1 aliphatic rings. The van der Waals surface area contributed by atoms with E-state index < -0.39 is 11.6 Å². The largest absolute Gasteiger partial charge is 0.340 e. The van der Waals surface area contributed by atoms with E-state index in [1.165, 1.54) is 12.1 Å². The van der Waals surface area contributed by atoms with Gasteiger partial charge in [0.05, 0.1) is 0 Å². The molecule has 2 rings (SSSR count). The molecule has 1 atom stereocenters. The average Bonchev–Trinajstić information content (AvgIpc) is 2.38. The van der Waals surface area contributed by atoms with Crippen LogP contribution < -0.4 is 5.32 Å². The van der Waals surface area contributed by atoms with Crippen molar-refractivity contribution in [2.24, 2.45) is 0 Å². The van der Waals surface area contributed by atoms with Gasteiger partial charge in [0, 0.05) is 6.54 Å². The van der Waals surface area contributed by atoms with Crippen molar-refractivity contribution in [1.29, 1.82) is 0 Å². The van der Waals surface area contributed by atoms with Crippen molar-refractivity contribution in [3.63, 3.8) is 0 Å². The standard InChI is InChI=1S/C15H19FN2O2/c1-10-13(19)17-15(2,3)14(20)18(10)9-8-11-4-6-12(16)7-5-11/h4-7,10H,8-9H2,1-3H3,(H,17,19). The summed E-state index contributed by atoms with van der Waals surface area (Å²) >= 11 is 0. The first-order chi connectivity index (χ1) is 9.31. The summed E-state index contributed by atoms with van der Waals surface area (Å²) in [7, 11) is 0. The van der Waals surface area contributed by atoms with Crippen LogP contribution in [0.4, 0.5) is 4.39 Å². The number of nitrogens with zero attached hydrogens (tertiary/aromatic N) is 1. The average molecular weight is 278 g/mol. The van der Waals surface area contributed by atoms with Gasteiger partial charge in [-0.05, 0) is 44.9 Å². The molecule has 5 heteroatoms. The molecule has 4 nitrogen and oxygen atoms in total. The molecule has 1 saturated heterocycles. The van der Waals surface area contributed by atoms with E-state index in [1.807, 2.05) is 0 Å². The number of hydrogen-bond donors (Lipinski definition) is 1. The lowest BCUT2D eigenvalue weighted by Gasteiger charge is -2.41. The van der Waals surface area contributed by atoms with Crippen LogP contribution in [0.5, 0.6) is 0 Å². The van der Waals surface area contributed by atoms with E-state index in [9.17, 15) is 14.0 Å². The highest BCUT2D eigenvalue weighted by Gasteiger charge is 2.42. The van der Waals surface area contributed by atoms with Gasteiger partial charge in [-0.25, -0.2) is 4.39 Å². The van der Waals surface area contributed by atoms with Gasteiger partial charge in [-0.2, -0.15) is 0 Å². The summed E-state index contributed by atoms with van der Waals surface area (Å²) in [5, 5.41) is 2.71. The van der Waals surface area contributed by atoms with Crippen molar-refractivity contribution in [3.05, 3.63) is 35.6 Å². The minimum Gasteiger partial charge on any atom is -0.340 e. The van der Waals surface area contributed by atoms with E-state index in [0.29, 0.717) is 13.0 Å². The highest BCUT2D eigenvalue weighted by Crippen LogP contribution is 2.18. The molecule has 1 aromatic carbocycles. The molecule has 1 heterocycles. The topological polar surface area (TPSA) is 49.4 Å². The van der Waals surface area contributed by atoms with Crippen LogP contribution in [0.15, 0.2) is 24.3 Å². The van der Waals surface area contributed by atoms with Crippen LogP contribution in [0.1, 0.15) is 26.3 Å². The Morgan fingerprint density at radius 1 is 1.25 bits per heavy atom. The van der Waals surface area contributed by atoms with Crippen LogP contribution in [-0.4, -0.2) is 34.8 Å². The smallest absolute Gasteiger partial charge is 0.248 e. The van der Waals surface area contributed by atoms with Crippen LogP contribution in [0.25, 0.3) is 0 Å². The molecule has 1 N–H and O–H groups in total. The number of hydrogen-bond acceptors (Lipinski definition) is 2. The Labute approximate surface area is 118 Å². The van der Waals surface area contributed by atoms with Crippen molar-refractivity contribution in [2.75, 3.05) is 6.54 Å². The Morgan fingerprint density at radius 3 is 2.45 bits per heavy atom. The molecule has 0 aromatic heterocycles. The van der Waals surface area contributed by atoms with Gasteiger partial charge in [-0.3, -0.25) is 9.59 Å². The summed E-state index contributed by atoms with van der Waals surface area (Å²) in [6.07, 6.45) is 0.597. The molecule has 0 radical (unpaired) electrons. The lowest BCUT2D eigenvalue weighted by Crippen LogP contribution is -2.67. The van der Waals surface area contributed by atoms with E-state index in [0.717, 1.165) is 5.56 Å². The van der Waals surface area contributed by atoms with Gasteiger partial charge in [0.15, 0.2) is 0 Å². The Hall–Kier alpha value is -1.91. The highest BCUT2D eigenvalue weighted by atomic mass is 19.1. The van der Waals surface area contributed by atoms with Crippen LogP contribution in [0.2, 0.25) is 0 Å². The first-order valence-electron chi connectivity index (χ1n) is 6.69. The van der Waals surface area contributed by atoms with Gasteiger partial charge in [-0.1, -0.05) is 12.1 Å². The van der Waals surface area contributed by atoms with Crippen LogP contribution >= 0.6 is 0 Å². The summed E-state index contributed by atoms with van der Waals surface area (Å²) in [6.45, 7) is 5.56. The van der Waals surface area contributed by atoms with Gasteiger partial charge in [0.2, 0.25) is 11.8 Å². The third-order valence-corrected chi connectivity index (χ3v) is 3.63. The highest BCUT2D eigenvalue weighted by molar-refractivity contribution is 5.99. The molecule has 1 aromatic rings.